The highest BCUT2D eigenvalue weighted by Crippen LogP contribution is 2.26. The Morgan fingerprint density at radius 3 is 3.00 bits per heavy atom. The first-order valence-electron chi connectivity index (χ1n) is 5.84. The standard InChI is InChI=1S/C14H18ClNO/c1-3-9-16-10-6-11-17-14-8-5-7-13(15)12(14)4-2/h1,5,7-8,16H,4,6,9-11H2,2H3. The van der Waals surface area contributed by atoms with Crippen LogP contribution in [0.3, 0.4) is 0 Å². The molecule has 0 aliphatic heterocycles. The average Bonchev–Trinajstić information content (AvgIpc) is 2.34. The van der Waals surface area contributed by atoms with Gasteiger partial charge in [-0.25, -0.2) is 0 Å². The quantitative estimate of drug-likeness (QED) is 0.594. The molecule has 3 heteroatoms. The van der Waals surface area contributed by atoms with E-state index < -0.39 is 0 Å². The topological polar surface area (TPSA) is 21.3 Å². The lowest BCUT2D eigenvalue weighted by Crippen LogP contribution is -2.17. The van der Waals surface area contributed by atoms with Crippen LogP contribution in [0, 0.1) is 12.3 Å². The van der Waals surface area contributed by atoms with Gasteiger partial charge in [0.2, 0.25) is 0 Å². The SMILES string of the molecule is C#CCNCCCOc1cccc(Cl)c1CC. The molecule has 1 rings (SSSR count). The van der Waals surface area contributed by atoms with E-state index in [1.54, 1.807) is 0 Å². The third-order valence-electron chi connectivity index (χ3n) is 2.41. The average molecular weight is 252 g/mol. The van der Waals surface area contributed by atoms with Crippen LogP contribution >= 0.6 is 11.6 Å². The van der Waals surface area contributed by atoms with Crippen molar-refractivity contribution >= 4 is 11.6 Å². The van der Waals surface area contributed by atoms with Crippen molar-refractivity contribution < 1.29 is 4.74 Å². The van der Waals surface area contributed by atoms with E-state index in [0.717, 1.165) is 35.7 Å². The van der Waals surface area contributed by atoms with E-state index >= 15 is 0 Å². The number of rotatable bonds is 7. The van der Waals surface area contributed by atoms with E-state index in [9.17, 15) is 0 Å². The first kappa shape index (κ1) is 13.9. The normalized spacial score (nSPS) is 9.94. The van der Waals surface area contributed by atoms with Crippen molar-refractivity contribution in [3.8, 4) is 18.1 Å². The van der Waals surface area contributed by atoms with E-state index in [1.807, 2.05) is 18.2 Å². The third kappa shape index (κ3) is 4.68. The van der Waals surface area contributed by atoms with Gasteiger partial charge in [0.25, 0.3) is 0 Å². The van der Waals surface area contributed by atoms with Crippen LogP contribution < -0.4 is 10.1 Å². The fourth-order valence-corrected chi connectivity index (χ4v) is 1.86. The molecule has 1 aromatic carbocycles. The Balaban J connectivity index is 2.37. The van der Waals surface area contributed by atoms with Crippen LogP contribution in [0.15, 0.2) is 18.2 Å². The third-order valence-corrected chi connectivity index (χ3v) is 2.77. The first-order chi connectivity index (χ1) is 8.29. The van der Waals surface area contributed by atoms with Gasteiger partial charge in [0, 0.05) is 10.6 Å². The van der Waals surface area contributed by atoms with E-state index in [1.165, 1.54) is 0 Å². The molecular formula is C14H18ClNO. The Morgan fingerprint density at radius 2 is 2.29 bits per heavy atom. The lowest BCUT2D eigenvalue weighted by Gasteiger charge is -2.11. The van der Waals surface area contributed by atoms with Crippen molar-refractivity contribution in [1.29, 1.82) is 0 Å². The molecule has 1 aromatic rings. The van der Waals surface area contributed by atoms with Crippen molar-refractivity contribution in [3.63, 3.8) is 0 Å². The predicted octanol–water partition coefficient (Wildman–Crippen LogP) is 2.89. The van der Waals surface area contributed by atoms with E-state index in [0.29, 0.717) is 13.2 Å². The number of terminal acetylenes is 1. The molecule has 0 atom stereocenters. The van der Waals surface area contributed by atoms with Gasteiger partial charge in [0.15, 0.2) is 0 Å². The van der Waals surface area contributed by atoms with Crippen LogP contribution in [-0.2, 0) is 6.42 Å². The Morgan fingerprint density at radius 1 is 1.47 bits per heavy atom. The van der Waals surface area contributed by atoms with Crippen LogP contribution in [-0.4, -0.2) is 19.7 Å². The van der Waals surface area contributed by atoms with Gasteiger partial charge >= 0.3 is 0 Å². The van der Waals surface area contributed by atoms with Gasteiger partial charge in [-0.1, -0.05) is 30.5 Å². The second-order valence-electron chi connectivity index (χ2n) is 3.65. The molecule has 2 nitrogen and oxygen atoms in total. The zero-order valence-electron chi connectivity index (χ0n) is 10.1. The lowest BCUT2D eigenvalue weighted by atomic mass is 10.1. The highest BCUT2D eigenvalue weighted by molar-refractivity contribution is 6.31. The van der Waals surface area contributed by atoms with Crippen LogP contribution in [0.2, 0.25) is 5.02 Å². The number of ether oxygens (including phenoxy) is 1. The van der Waals surface area contributed by atoms with Crippen molar-refractivity contribution in [2.24, 2.45) is 0 Å². The van der Waals surface area contributed by atoms with E-state index in [4.69, 9.17) is 22.8 Å². The molecule has 0 radical (unpaired) electrons. The van der Waals surface area contributed by atoms with Crippen LogP contribution in [0.25, 0.3) is 0 Å². The summed E-state index contributed by atoms with van der Waals surface area (Å²) in [6, 6.07) is 5.76. The highest BCUT2D eigenvalue weighted by atomic mass is 35.5. The molecular weight excluding hydrogens is 234 g/mol. The summed E-state index contributed by atoms with van der Waals surface area (Å²) in [5.74, 6) is 3.42. The summed E-state index contributed by atoms with van der Waals surface area (Å²) in [5, 5.41) is 3.89. The summed E-state index contributed by atoms with van der Waals surface area (Å²) < 4.78 is 5.71. The molecule has 0 aliphatic carbocycles. The molecule has 92 valence electrons. The molecule has 0 aliphatic rings. The van der Waals surface area contributed by atoms with E-state index in [-0.39, 0.29) is 0 Å². The summed E-state index contributed by atoms with van der Waals surface area (Å²) >= 11 is 6.10. The monoisotopic (exact) mass is 251 g/mol. The van der Waals surface area contributed by atoms with Crippen LogP contribution in [0.5, 0.6) is 5.75 Å². The van der Waals surface area contributed by atoms with Gasteiger partial charge in [-0.05, 0) is 31.5 Å². The Bertz CT molecular complexity index is 384. The molecule has 0 aromatic heterocycles. The van der Waals surface area contributed by atoms with Crippen LogP contribution in [0.1, 0.15) is 18.9 Å². The van der Waals surface area contributed by atoms with Gasteiger partial charge in [0.05, 0.1) is 13.2 Å². The van der Waals surface area contributed by atoms with Gasteiger partial charge in [-0.15, -0.1) is 6.42 Å². The largest absolute Gasteiger partial charge is 0.493 e. The summed E-state index contributed by atoms with van der Waals surface area (Å²) in [6.07, 6.45) is 6.94. The highest BCUT2D eigenvalue weighted by Gasteiger charge is 2.05. The predicted molar refractivity (Wildman–Crippen MR) is 72.6 cm³/mol. The minimum absolute atomic E-state index is 0.609. The maximum absolute atomic E-state index is 6.10. The molecule has 0 amide bonds. The van der Waals surface area contributed by atoms with Crippen molar-refractivity contribution in [3.05, 3.63) is 28.8 Å². The van der Waals surface area contributed by atoms with Gasteiger partial charge < -0.3 is 10.1 Å². The summed E-state index contributed by atoms with van der Waals surface area (Å²) in [4.78, 5) is 0. The van der Waals surface area contributed by atoms with E-state index in [2.05, 4.69) is 18.2 Å². The fourth-order valence-electron chi connectivity index (χ4n) is 1.56. The Hall–Kier alpha value is -1.17. The molecule has 0 bridgehead atoms. The molecule has 0 unspecified atom stereocenters. The minimum Gasteiger partial charge on any atom is -0.493 e. The van der Waals surface area contributed by atoms with Crippen molar-refractivity contribution in [2.75, 3.05) is 19.7 Å². The molecule has 0 fully saturated rings. The molecule has 0 saturated heterocycles. The summed E-state index contributed by atoms with van der Waals surface area (Å²) in [6.45, 7) is 4.22. The molecule has 0 saturated carbocycles. The van der Waals surface area contributed by atoms with Gasteiger partial charge in [-0.3, -0.25) is 0 Å². The number of halogens is 1. The smallest absolute Gasteiger partial charge is 0.123 e. The van der Waals surface area contributed by atoms with Crippen molar-refractivity contribution in [1.82, 2.24) is 5.32 Å². The number of hydrogen-bond acceptors (Lipinski definition) is 2. The van der Waals surface area contributed by atoms with Crippen LogP contribution in [0.4, 0.5) is 0 Å². The molecule has 17 heavy (non-hydrogen) atoms. The van der Waals surface area contributed by atoms with Crippen molar-refractivity contribution in [2.45, 2.75) is 19.8 Å². The number of nitrogens with one attached hydrogen (secondary N) is 1. The van der Waals surface area contributed by atoms with Gasteiger partial charge in [-0.2, -0.15) is 0 Å². The second kappa shape index (κ2) is 8.00. The summed E-state index contributed by atoms with van der Waals surface area (Å²) in [5.41, 5.74) is 1.07. The zero-order chi connectivity index (χ0) is 12.5. The Kier molecular flexibility index (Phi) is 6.54. The fraction of sp³-hybridized carbons (Fsp3) is 0.429. The first-order valence-corrected chi connectivity index (χ1v) is 6.21. The zero-order valence-corrected chi connectivity index (χ0v) is 10.9. The van der Waals surface area contributed by atoms with Gasteiger partial charge in [0.1, 0.15) is 5.75 Å². The number of benzene rings is 1. The maximum Gasteiger partial charge on any atom is 0.123 e. The minimum atomic E-state index is 0.609. The molecule has 0 heterocycles. The maximum atomic E-state index is 6.10. The Labute approximate surface area is 108 Å². The molecule has 1 N–H and O–H groups in total. The molecule has 0 spiro atoms. The number of hydrogen-bond donors (Lipinski definition) is 1. The second-order valence-corrected chi connectivity index (χ2v) is 4.06. The summed E-state index contributed by atoms with van der Waals surface area (Å²) in [7, 11) is 0. The lowest BCUT2D eigenvalue weighted by molar-refractivity contribution is 0.306.